The molecule has 108 valence electrons. The molecule has 1 rings (SSSR count). The first-order valence-corrected chi connectivity index (χ1v) is 7.65. The van der Waals surface area contributed by atoms with Gasteiger partial charge in [0.1, 0.15) is 0 Å². The lowest BCUT2D eigenvalue weighted by molar-refractivity contribution is 0.177. The molecule has 3 heteroatoms. The van der Waals surface area contributed by atoms with Crippen molar-refractivity contribution in [3.63, 3.8) is 0 Å². The first-order chi connectivity index (χ1) is 9.10. The van der Waals surface area contributed by atoms with Crippen LogP contribution in [0.2, 0.25) is 5.02 Å². The van der Waals surface area contributed by atoms with E-state index in [4.69, 9.17) is 17.3 Å². The Labute approximate surface area is 122 Å². The second-order valence-electron chi connectivity index (χ2n) is 5.28. The summed E-state index contributed by atoms with van der Waals surface area (Å²) < 4.78 is 0. The fraction of sp³-hybridized carbons (Fsp3) is 0.625. The average molecular weight is 283 g/mol. The number of halogens is 1. The number of nitrogens with zero attached hydrogens (tertiary/aromatic N) is 1. The number of unbranched alkanes of at least 4 members (excludes halogenated alkanes) is 2. The van der Waals surface area contributed by atoms with Crippen LogP contribution in [-0.4, -0.2) is 24.5 Å². The monoisotopic (exact) mass is 282 g/mol. The van der Waals surface area contributed by atoms with E-state index in [0.29, 0.717) is 12.1 Å². The molecule has 0 bridgehead atoms. The van der Waals surface area contributed by atoms with Gasteiger partial charge in [-0.25, -0.2) is 0 Å². The third-order valence-corrected chi connectivity index (χ3v) is 4.20. The molecule has 0 amide bonds. The molecule has 0 saturated carbocycles. The molecule has 0 saturated heterocycles. The van der Waals surface area contributed by atoms with Crippen LogP contribution >= 0.6 is 11.6 Å². The predicted molar refractivity (Wildman–Crippen MR) is 84.6 cm³/mol. The molecule has 0 heterocycles. The van der Waals surface area contributed by atoms with Gasteiger partial charge in [-0.3, -0.25) is 4.90 Å². The van der Waals surface area contributed by atoms with E-state index in [2.05, 4.69) is 37.9 Å². The van der Waals surface area contributed by atoms with Gasteiger partial charge in [0.15, 0.2) is 0 Å². The summed E-state index contributed by atoms with van der Waals surface area (Å²) >= 11 is 5.94. The number of nitrogens with two attached hydrogens (primary N) is 1. The second-order valence-corrected chi connectivity index (χ2v) is 5.71. The van der Waals surface area contributed by atoms with Crippen molar-refractivity contribution in [1.29, 1.82) is 0 Å². The van der Waals surface area contributed by atoms with Gasteiger partial charge in [-0.05, 0) is 38.1 Å². The van der Waals surface area contributed by atoms with Crippen molar-refractivity contribution in [2.75, 3.05) is 13.6 Å². The molecule has 0 aliphatic heterocycles. The quantitative estimate of drug-likeness (QED) is 0.723. The van der Waals surface area contributed by atoms with E-state index in [1.54, 1.807) is 0 Å². The summed E-state index contributed by atoms with van der Waals surface area (Å²) in [6.45, 7) is 5.18. The molecule has 0 aliphatic rings. The average Bonchev–Trinajstić information content (AvgIpc) is 2.43. The van der Waals surface area contributed by atoms with Crippen molar-refractivity contribution in [3.8, 4) is 0 Å². The van der Waals surface area contributed by atoms with Crippen LogP contribution in [0.5, 0.6) is 0 Å². The fourth-order valence-corrected chi connectivity index (χ4v) is 2.54. The van der Waals surface area contributed by atoms with Crippen LogP contribution in [0.3, 0.4) is 0 Å². The molecule has 0 aliphatic carbocycles. The van der Waals surface area contributed by atoms with Crippen LogP contribution in [0, 0.1) is 0 Å². The van der Waals surface area contributed by atoms with Crippen molar-refractivity contribution in [2.45, 2.75) is 51.6 Å². The summed E-state index contributed by atoms with van der Waals surface area (Å²) in [5.74, 6) is 0. The number of likely N-dealkylation sites (N-methyl/N-ethyl adjacent to an activating group) is 1. The minimum absolute atomic E-state index is 0.368. The highest BCUT2D eigenvalue weighted by molar-refractivity contribution is 6.30. The summed E-state index contributed by atoms with van der Waals surface area (Å²) in [6.07, 6.45) is 4.99. The van der Waals surface area contributed by atoms with Crippen LogP contribution in [0.15, 0.2) is 24.3 Å². The molecule has 19 heavy (non-hydrogen) atoms. The van der Waals surface area contributed by atoms with E-state index >= 15 is 0 Å². The molecule has 2 N–H and O–H groups in total. The minimum Gasteiger partial charge on any atom is -0.329 e. The Morgan fingerprint density at radius 2 is 1.84 bits per heavy atom. The van der Waals surface area contributed by atoms with Crippen LogP contribution in [-0.2, 0) is 0 Å². The first-order valence-electron chi connectivity index (χ1n) is 7.27. The maximum Gasteiger partial charge on any atom is 0.0406 e. The third-order valence-electron chi connectivity index (χ3n) is 3.95. The summed E-state index contributed by atoms with van der Waals surface area (Å²) in [6, 6.07) is 8.93. The molecule has 0 radical (unpaired) electrons. The lowest BCUT2D eigenvalue weighted by Gasteiger charge is -2.33. The lowest BCUT2D eigenvalue weighted by Crippen LogP contribution is -2.39. The van der Waals surface area contributed by atoms with Crippen LogP contribution in [0.1, 0.15) is 51.1 Å². The summed E-state index contributed by atoms with van der Waals surface area (Å²) in [4.78, 5) is 2.39. The number of benzene rings is 1. The second kappa shape index (κ2) is 8.57. The molecular weight excluding hydrogens is 256 g/mol. The van der Waals surface area contributed by atoms with E-state index in [-0.39, 0.29) is 0 Å². The zero-order valence-electron chi connectivity index (χ0n) is 12.4. The standard InChI is InChI=1S/C16H27ClN2/c1-4-5-6-7-16(12-18)19(3)13(2)14-8-10-15(17)11-9-14/h8-11,13,16H,4-7,12,18H2,1-3H3. The fourth-order valence-electron chi connectivity index (χ4n) is 2.41. The van der Waals surface area contributed by atoms with Gasteiger partial charge in [-0.15, -0.1) is 0 Å². The van der Waals surface area contributed by atoms with Gasteiger partial charge in [0.05, 0.1) is 0 Å². The van der Waals surface area contributed by atoms with Crippen LogP contribution in [0.25, 0.3) is 0 Å². The van der Waals surface area contributed by atoms with E-state index in [1.807, 2.05) is 12.1 Å². The first kappa shape index (κ1) is 16.5. The molecule has 1 aromatic carbocycles. The Morgan fingerprint density at radius 1 is 1.21 bits per heavy atom. The SMILES string of the molecule is CCCCCC(CN)N(C)C(C)c1ccc(Cl)cc1. The Bertz CT molecular complexity index is 350. The van der Waals surface area contributed by atoms with E-state index in [1.165, 1.54) is 31.2 Å². The predicted octanol–water partition coefficient (Wildman–Crippen LogP) is 4.24. The summed E-state index contributed by atoms with van der Waals surface area (Å²) in [7, 11) is 2.17. The Morgan fingerprint density at radius 3 is 2.37 bits per heavy atom. The van der Waals surface area contributed by atoms with Crippen LogP contribution < -0.4 is 5.73 Å². The van der Waals surface area contributed by atoms with Gasteiger partial charge in [0.25, 0.3) is 0 Å². The third kappa shape index (κ3) is 5.13. The highest BCUT2D eigenvalue weighted by Crippen LogP contribution is 2.24. The Balaban J connectivity index is 2.62. The zero-order chi connectivity index (χ0) is 14.3. The van der Waals surface area contributed by atoms with Crippen molar-refractivity contribution in [3.05, 3.63) is 34.9 Å². The maximum absolute atomic E-state index is 5.94. The highest BCUT2D eigenvalue weighted by atomic mass is 35.5. The summed E-state index contributed by atoms with van der Waals surface area (Å²) in [5.41, 5.74) is 7.23. The Kier molecular flexibility index (Phi) is 7.44. The molecule has 1 aromatic rings. The molecule has 0 fully saturated rings. The van der Waals surface area contributed by atoms with Gasteiger partial charge in [0.2, 0.25) is 0 Å². The summed E-state index contributed by atoms with van der Waals surface area (Å²) in [5, 5.41) is 0.789. The van der Waals surface area contributed by atoms with Crippen molar-refractivity contribution in [1.82, 2.24) is 4.90 Å². The van der Waals surface area contributed by atoms with Crippen molar-refractivity contribution < 1.29 is 0 Å². The molecule has 0 aromatic heterocycles. The minimum atomic E-state index is 0.368. The molecule has 0 spiro atoms. The van der Waals surface area contributed by atoms with Crippen molar-refractivity contribution in [2.24, 2.45) is 5.73 Å². The number of hydrogen-bond donors (Lipinski definition) is 1. The van der Waals surface area contributed by atoms with Gasteiger partial charge in [-0.1, -0.05) is 49.9 Å². The Hall–Kier alpha value is -0.570. The van der Waals surface area contributed by atoms with Gasteiger partial charge >= 0.3 is 0 Å². The normalized spacial score (nSPS) is 14.6. The van der Waals surface area contributed by atoms with Gasteiger partial charge in [-0.2, -0.15) is 0 Å². The maximum atomic E-state index is 5.94. The topological polar surface area (TPSA) is 29.3 Å². The van der Waals surface area contributed by atoms with E-state index < -0.39 is 0 Å². The van der Waals surface area contributed by atoms with Crippen molar-refractivity contribution >= 4 is 11.6 Å². The van der Waals surface area contributed by atoms with E-state index in [9.17, 15) is 0 Å². The molecule has 2 nitrogen and oxygen atoms in total. The largest absolute Gasteiger partial charge is 0.329 e. The van der Waals surface area contributed by atoms with Gasteiger partial charge in [0, 0.05) is 23.7 Å². The smallest absolute Gasteiger partial charge is 0.0406 e. The highest BCUT2D eigenvalue weighted by Gasteiger charge is 2.19. The molecule has 2 unspecified atom stereocenters. The number of rotatable bonds is 8. The van der Waals surface area contributed by atoms with Crippen LogP contribution in [0.4, 0.5) is 0 Å². The number of hydrogen-bond acceptors (Lipinski definition) is 2. The lowest BCUT2D eigenvalue weighted by atomic mass is 10.0. The molecular formula is C16H27ClN2. The zero-order valence-corrected chi connectivity index (χ0v) is 13.2. The van der Waals surface area contributed by atoms with E-state index in [0.717, 1.165) is 11.6 Å². The molecule has 2 atom stereocenters. The van der Waals surface area contributed by atoms with Gasteiger partial charge < -0.3 is 5.73 Å².